The summed E-state index contributed by atoms with van der Waals surface area (Å²) in [6.07, 6.45) is -1.50. The molecule has 0 spiro atoms. The predicted molar refractivity (Wildman–Crippen MR) is 153 cm³/mol. The first kappa shape index (κ1) is 28.6. The Kier molecular flexibility index (Phi) is 8.07. The molecule has 4 aromatic rings. The van der Waals surface area contributed by atoms with Crippen molar-refractivity contribution in [3.8, 4) is 17.9 Å². The van der Waals surface area contributed by atoms with Crippen molar-refractivity contribution in [1.29, 1.82) is 5.26 Å². The van der Waals surface area contributed by atoms with E-state index in [0.29, 0.717) is 29.6 Å². The van der Waals surface area contributed by atoms with Crippen LogP contribution >= 0.6 is 0 Å². The second-order valence-electron chi connectivity index (χ2n) is 9.98. The number of hydrogen-bond donors (Lipinski definition) is 2. The van der Waals surface area contributed by atoms with Crippen LogP contribution in [0.3, 0.4) is 0 Å². The van der Waals surface area contributed by atoms with E-state index in [1.165, 1.54) is 36.5 Å². The van der Waals surface area contributed by atoms with E-state index in [2.05, 4.69) is 32.0 Å². The smallest absolute Gasteiger partial charge is 0.382 e. The van der Waals surface area contributed by atoms with Crippen molar-refractivity contribution in [2.75, 3.05) is 44.3 Å². The van der Waals surface area contributed by atoms with Crippen molar-refractivity contribution >= 4 is 28.3 Å². The van der Waals surface area contributed by atoms with Gasteiger partial charge in [-0.05, 0) is 55.1 Å². The van der Waals surface area contributed by atoms with Gasteiger partial charge in [0, 0.05) is 67.3 Å². The molecule has 2 aromatic heterocycles. The van der Waals surface area contributed by atoms with Gasteiger partial charge in [0.1, 0.15) is 17.4 Å². The molecule has 2 aromatic carbocycles. The molecule has 5 rings (SSSR count). The van der Waals surface area contributed by atoms with Gasteiger partial charge in [0.15, 0.2) is 0 Å². The number of nitriles is 1. The van der Waals surface area contributed by atoms with Gasteiger partial charge < -0.3 is 16.0 Å². The Bertz CT molecular complexity index is 1760. The summed E-state index contributed by atoms with van der Waals surface area (Å²) in [5.74, 6) is 5.50. The molecular weight excluding hydrogens is 543 g/mol. The third-order valence-corrected chi connectivity index (χ3v) is 7.07. The monoisotopic (exact) mass is 569 g/mol. The molecule has 42 heavy (non-hydrogen) atoms. The number of carbonyl (C=O) groups excluding carboxylic acids is 1. The first-order valence-corrected chi connectivity index (χ1v) is 13.1. The number of halogens is 3. The third kappa shape index (κ3) is 6.33. The van der Waals surface area contributed by atoms with Crippen LogP contribution in [0.2, 0.25) is 0 Å². The first-order chi connectivity index (χ1) is 20.1. The topological polar surface area (TPSA) is 111 Å². The van der Waals surface area contributed by atoms with Crippen molar-refractivity contribution in [2.24, 2.45) is 0 Å². The predicted octanol–water partition coefficient (Wildman–Crippen LogP) is 4.50. The number of hydrogen-bond acceptors (Lipinski definition) is 7. The van der Waals surface area contributed by atoms with Gasteiger partial charge in [-0.15, -0.1) is 0 Å². The van der Waals surface area contributed by atoms with Crippen molar-refractivity contribution in [1.82, 2.24) is 19.8 Å². The van der Waals surface area contributed by atoms with E-state index in [1.807, 2.05) is 18.0 Å². The summed E-state index contributed by atoms with van der Waals surface area (Å²) in [5.41, 5.74) is 6.95. The van der Waals surface area contributed by atoms with Crippen molar-refractivity contribution in [3.05, 3.63) is 94.3 Å². The zero-order chi connectivity index (χ0) is 29.9. The maximum absolute atomic E-state index is 14.0. The molecular formula is C31H26F3N7O. The number of carbonyl (C=O) groups is 1. The standard InChI is InChI=1S/C31H26F3N7O/c1-40-11-13-41(14-12-40)19-24-8-9-25(16-27(24)31(32,33)34)39-30(42)21-5-6-22(17-35)20(15-21)4-7-23-18-38-29(36)28-26(23)3-2-10-37-28/h2-3,5-6,8-10,15-16,18H,11-14,19H2,1H3,(H2,36,38)(H,39,42). The molecule has 1 saturated heterocycles. The number of fused-ring (bicyclic) bond motifs is 1. The van der Waals surface area contributed by atoms with Crippen LogP contribution in [0.15, 0.2) is 60.9 Å². The lowest BCUT2D eigenvalue weighted by Gasteiger charge is -2.33. The number of amides is 1. The molecule has 0 bridgehead atoms. The van der Waals surface area contributed by atoms with Gasteiger partial charge in [0.2, 0.25) is 0 Å². The van der Waals surface area contributed by atoms with Crippen LogP contribution < -0.4 is 11.1 Å². The number of likely N-dealkylation sites (N-methyl/N-ethyl adjacent to an activating group) is 1. The maximum atomic E-state index is 14.0. The number of nitrogens with two attached hydrogens (primary N) is 1. The largest absolute Gasteiger partial charge is 0.416 e. The molecule has 0 atom stereocenters. The van der Waals surface area contributed by atoms with E-state index in [0.717, 1.165) is 19.2 Å². The van der Waals surface area contributed by atoms with Crippen LogP contribution in [-0.2, 0) is 12.7 Å². The zero-order valence-corrected chi connectivity index (χ0v) is 22.7. The normalized spacial score (nSPS) is 14.2. The molecule has 1 aliphatic heterocycles. The Morgan fingerprint density at radius 3 is 2.52 bits per heavy atom. The summed E-state index contributed by atoms with van der Waals surface area (Å²) in [7, 11) is 1.98. The summed E-state index contributed by atoms with van der Waals surface area (Å²) >= 11 is 0. The number of piperazine rings is 1. The Balaban J connectivity index is 1.39. The van der Waals surface area contributed by atoms with Crippen LogP contribution in [-0.4, -0.2) is 58.9 Å². The molecule has 0 saturated carbocycles. The van der Waals surface area contributed by atoms with Crippen LogP contribution in [0.4, 0.5) is 24.7 Å². The van der Waals surface area contributed by atoms with Crippen LogP contribution in [0.5, 0.6) is 0 Å². The average Bonchev–Trinajstić information content (AvgIpc) is 2.98. The summed E-state index contributed by atoms with van der Waals surface area (Å²) in [4.78, 5) is 25.5. The van der Waals surface area contributed by atoms with Crippen LogP contribution in [0, 0.1) is 23.2 Å². The minimum absolute atomic E-state index is 0.0124. The Morgan fingerprint density at radius 1 is 1.02 bits per heavy atom. The number of rotatable bonds is 4. The molecule has 3 heterocycles. The summed E-state index contributed by atoms with van der Waals surface area (Å²) in [6.45, 7) is 3.11. The number of alkyl halides is 3. The molecule has 212 valence electrons. The first-order valence-electron chi connectivity index (χ1n) is 13.1. The van der Waals surface area contributed by atoms with Gasteiger partial charge in [-0.3, -0.25) is 14.7 Å². The number of nitrogens with zero attached hydrogens (tertiary/aromatic N) is 5. The van der Waals surface area contributed by atoms with Gasteiger partial charge >= 0.3 is 6.18 Å². The fourth-order valence-corrected chi connectivity index (χ4v) is 4.72. The van der Waals surface area contributed by atoms with Crippen LogP contribution in [0.1, 0.15) is 38.2 Å². The minimum atomic E-state index is -4.59. The minimum Gasteiger partial charge on any atom is -0.382 e. The lowest BCUT2D eigenvalue weighted by Crippen LogP contribution is -2.44. The Hall–Kier alpha value is -4.97. The van der Waals surface area contributed by atoms with Crippen molar-refractivity contribution in [2.45, 2.75) is 12.7 Å². The fraction of sp³-hybridized carbons (Fsp3) is 0.226. The molecule has 0 aliphatic carbocycles. The Morgan fingerprint density at radius 2 is 1.79 bits per heavy atom. The van der Waals surface area contributed by atoms with E-state index in [1.54, 1.807) is 18.3 Å². The van der Waals surface area contributed by atoms with Crippen molar-refractivity contribution < 1.29 is 18.0 Å². The summed E-state index contributed by atoms with van der Waals surface area (Å²) in [6, 6.07) is 13.7. The molecule has 0 unspecified atom stereocenters. The average molecular weight is 570 g/mol. The van der Waals surface area contributed by atoms with Gasteiger partial charge in [0.05, 0.1) is 16.7 Å². The van der Waals surface area contributed by atoms with Gasteiger partial charge in [-0.25, -0.2) is 4.98 Å². The SMILES string of the molecule is CN1CCN(Cc2ccc(NC(=O)c3ccc(C#N)c(C#Cc4cnc(N)c5ncccc45)c3)cc2C(F)(F)F)CC1. The highest BCUT2D eigenvalue weighted by Gasteiger charge is 2.34. The quantitative estimate of drug-likeness (QED) is 0.348. The number of anilines is 2. The lowest BCUT2D eigenvalue weighted by molar-refractivity contribution is -0.138. The molecule has 0 radical (unpaired) electrons. The molecule has 1 aliphatic rings. The summed E-state index contributed by atoms with van der Waals surface area (Å²) in [5, 5.41) is 12.8. The second-order valence-corrected chi connectivity index (χ2v) is 9.98. The van der Waals surface area contributed by atoms with E-state index < -0.39 is 17.6 Å². The highest BCUT2D eigenvalue weighted by Crippen LogP contribution is 2.35. The van der Waals surface area contributed by atoms with E-state index in [-0.39, 0.29) is 40.3 Å². The highest BCUT2D eigenvalue weighted by molar-refractivity contribution is 6.04. The zero-order valence-electron chi connectivity index (χ0n) is 22.7. The number of pyridine rings is 2. The molecule has 1 amide bonds. The number of nitrogen functional groups attached to an aromatic ring is 1. The molecule has 8 nitrogen and oxygen atoms in total. The molecule has 11 heteroatoms. The van der Waals surface area contributed by atoms with E-state index >= 15 is 0 Å². The van der Waals surface area contributed by atoms with Crippen LogP contribution in [0.25, 0.3) is 10.9 Å². The highest BCUT2D eigenvalue weighted by atomic mass is 19.4. The second kappa shape index (κ2) is 11.9. The van der Waals surface area contributed by atoms with E-state index in [4.69, 9.17) is 5.73 Å². The van der Waals surface area contributed by atoms with Gasteiger partial charge in [-0.1, -0.05) is 17.9 Å². The molecule has 3 N–H and O–H groups in total. The number of aromatic nitrogens is 2. The van der Waals surface area contributed by atoms with Gasteiger partial charge in [0.25, 0.3) is 5.91 Å². The number of benzene rings is 2. The Labute approximate surface area is 240 Å². The van der Waals surface area contributed by atoms with Gasteiger partial charge in [-0.2, -0.15) is 18.4 Å². The van der Waals surface area contributed by atoms with Crippen molar-refractivity contribution in [3.63, 3.8) is 0 Å². The summed E-state index contributed by atoms with van der Waals surface area (Å²) < 4.78 is 42.0. The number of nitrogens with one attached hydrogen (secondary N) is 1. The molecule has 1 fully saturated rings. The maximum Gasteiger partial charge on any atom is 0.416 e. The van der Waals surface area contributed by atoms with E-state index in [9.17, 15) is 23.2 Å². The lowest BCUT2D eigenvalue weighted by atomic mass is 10.0. The fourth-order valence-electron chi connectivity index (χ4n) is 4.72. The third-order valence-electron chi connectivity index (χ3n) is 7.07.